The van der Waals surface area contributed by atoms with Crippen LogP contribution >= 0.6 is 15.9 Å². The van der Waals surface area contributed by atoms with Crippen LogP contribution in [0, 0.1) is 6.92 Å². The molecule has 0 fully saturated rings. The molecule has 2 nitrogen and oxygen atoms in total. The minimum atomic E-state index is -0.110. The fraction of sp³-hybridized carbons (Fsp3) is 0.300. The van der Waals surface area contributed by atoms with Gasteiger partial charge in [-0.2, -0.15) is 0 Å². The second-order valence-electron chi connectivity index (χ2n) is 7.00. The Balaban J connectivity index is 2.52. The van der Waals surface area contributed by atoms with E-state index >= 15 is 0 Å². The van der Waals surface area contributed by atoms with Gasteiger partial charge in [-0.1, -0.05) is 61.0 Å². The van der Waals surface area contributed by atoms with Gasteiger partial charge in [0.05, 0.1) is 10.8 Å². The maximum absolute atomic E-state index is 12.5. The molecule has 118 valence electrons. The standard InChI is InChI=1S/C20H20BrNO/c1-12-9-16-15(17(23)11-21)10-18(20(2,3)4)22-19(16)14-8-6-5-7-13(12)14/h5-10H,11H2,1-4H3. The fourth-order valence-electron chi connectivity index (χ4n) is 2.92. The molecule has 2 aromatic carbocycles. The molecule has 23 heavy (non-hydrogen) atoms. The van der Waals surface area contributed by atoms with Crippen LogP contribution in [0.5, 0.6) is 0 Å². The third-order valence-electron chi connectivity index (χ3n) is 4.22. The lowest BCUT2D eigenvalue weighted by Crippen LogP contribution is -2.16. The number of carbonyl (C=O) groups is 1. The average molecular weight is 370 g/mol. The number of fused-ring (bicyclic) bond motifs is 3. The summed E-state index contributed by atoms with van der Waals surface area (Å²) in [6.45, 7) is 8.46. The number of Topliss-reactive ketones (excluding diaryl/α,β-unsaturated/α-hetero) is 1. The number of pyridine rings is 1. The van der Waals surface area contributed by atoms with E-state index in [1.807, 2.05) is 18.2 Å². The Morgan fingerprint density at radius 3 is 2.35 bits per heavy atom. The number of hydrogen-bond acceptors (Lipinski definition) is 2. The van der Waals surface area contributed by atoms with Crippen LogP contribution in [0.2, 0.25) is 0 Å². The molecule has 3 heteroatoms. The van der Waals surface area contributed by atoms with Crippen molar-refractivity contribution in [3.63, 3.8) is 0 Å². The van der Waals surface area contributed by atoms with Crippen molar-refractivity contribution in [1.29, 1.82) is 0 Å². The summed E-state index contributed by atoms with van der Waals surface area (Å²) in [4.78, 5) is 17.4. The first kappa shape index (κ1) is 16.1. The van der Waals surface area contributed by atoms with Crippen LogP contribution in [0.15, 0.2) is 36.4 Å². The van der Waals surface area contributed by atoms with E-state index in [-0.39, 0.29) is 11.2 Å². The molecule has 0 amide bonds. The van der Waals surface area contributed by atoms with Gasteiger partial charge in [0.25, 0.3) is 0 Å². The van der Waals surface area contributed by atoms with Gasteiger partial charge in [0.15, 0.2) is 5.78 Å². The van der Waals surface area contributed by atoms with Gasteiger partial charge in [0.2, 0.25) is 0 Å². The van der Waals surface area contributed by atoms with Crippen LogP contribution in [0.1, 0.15) is 42.4 Å². The molecule has 0 spiro atoms. The Kier molecular flexibility index (Phi) is 4.01. The molecule has 3 rings (SSSR count). The average Bonchev–Trinajstić information content (AvgIpc) is 2.53. The molecule has 0 atom stereocenters. The maximum Gasteiger partial charge on any atom is 0.174 e. The fourth-order valence-corrected chi connectivity index (χ4v) is 3.22. The lowest BCUT2D eigenvalue weighted by atomic mass is 9.88. The quantitative estimate of drug-likeness (QED) is 0.335. The first-order valence-electron chi connectivity index (χ1n) is 7.75. The number of carbonyl (C=O) groups excluding carboxylic acids is 1. The summed E-state index contributed by atoms with van der Waals surface area (Å²) in [7, 11) is 0. The first-order valence-corrected chi connectivity index (χ1v) is 8.88. The van der Waals surface area contributed by atoms with Crippen molar-refractivity contribution in [3.8, 4) is 0 Å². The molecule has 0 radical (unpaired) electrons. The monoisotopic (exact) mass is 369 g/mol. The van der Waals surface area contributed by atoms with Gasteiger partial charge in [-0.25, -0.2) is 0 Å². The van der Waals surface area contributed by atoms with Gasteiger partial charge in [-0.05, 0) is 30.0 Å². The van der Waals surface area contributed by atoms with Crippen LogP contribution < -0.4 is 0 Å². The second kappa shape index (κ2) is 5.72. The van der Waals surface area contributed by atoms with E-state index in [0.29, 0.717) is 5.33 Å². The van der Waals surface area contributed by atoms with Crippen LogP contribution in [-0.2, 0) is 5.41 Å². The van der Waals surface area contributed by atoms with Gasteiger partial charge in [0, 0.05) is 27.4 Å². The molecule has 0 aliphatic carbocycles. The zero-order chi connectivity index (χ0) is 16.8. The zero-order valence-corrected chi connectivity index (χ0v) is 15.5. The third-order valence-corrected chi connectivity index (χ3v) is 4.73. The van der Waals surface area contributed by atoms with Gasteiger partial charge in [0.1, 0.15) is 0 Å². The van der Waals surface area contributed by atoms with Crippen LogP contribution in [-0.4, -0.2) is 16.1 Å². The molecule has 0 aliphatic heterocycles. The van der Waals surface area contributed by atoms with Crippen LogP contribution in [0.3, 0.4) is 0 Å². The summed E-state index contributed by atoms with van der Waals surface area (Å²) < 4.78 is 0. The maximum atomic E-state index is 12.5. The molecule has 0 saturated carbocycles. The molecule has 1 aromatic heterocycles. The van der Waals surface area contributed by atoms with Crippen molar-refractivity contribution < 1.29 is 4.79 Å². The summed E-state index contributed by atoms with van der Waals surface area (Å²) in [5.41, 5.74) is 3.68. The van der Waals surface area contributed by atoms with Crippen molar-refractivity contribution in [2.45, 2.75) is 33.1 Å². The topological polar surface area (TPSA) is 30.0 Å². The zero-order valence-electron chi connectivity index (χ0n) is 13.9. The Morgan fingerprint density at radius 2 is 1.74 bits per heavy atom. The first-order chi connectivity index (χ1) is 10.8. The number of rotatable bonds is 2. The van der Waals surface area contributed by atoms with Crippen LogP contribution in [0.4, 0.5) is 0 Å². The summed E-state index contributed by atoms with van der Waals surface area (Å²) in [6, 6.07) is 12.3. The van der Waals surface area contributed by atoms with E-state index < -0.39 is 0 Å². The summed E-state index contributed by atoms with van der Waals surface area (Å²) in [6.07, 6.45) is 0. The molecule has 0 unspecified atom stereocenters. The highest BCUT2D eigenvalue weighted by Crippen LogP contribution is 2.32. The van der Waals surface area contributed by atoms with Crippen molar-refractivity contribution in [2.24, 2.45) is 0 Å². The highest BCUT2D eigenvalue weighted by molar-refractivity contribution is 9.09. The van der Waals surface area contributed by atoms with Gasteiger partial charge in [-0.3, -0.25) is 9.78 Å². The van der Waals surface area contributed by atoms with E-state index in [1.54, 1.807) is 0 Å². The second-order valence-corrected chi connectivity index (χ2v) is 7.56. The van der Waals surface area contributed by atoms with Crippen molar-refractivity contribution in [2.75, 3.05) is 5.33 Å². The van der Waals surface area contributed by atoms with Gasteiger partial charge in [-0.15, -0.1) is 0 Å². The number of benzene rings is 2. The minimum absolute atomic E-state index is 0.0950. The molecule has 3 aromatic rings. The molecular formula is C20H20BrNO. The van der Waals surface area contributed by atoms with Gasteiger partial charge < -0.3 is 0 Å². The lowest BCUT2D eigenvalue weighted by Gasteiger charge is -2.20. The number of aromatic nitrogens is 1. The van der Waals surface area contributed by atoms with E-state index in [2.05, 4.69) is 61.8 Å². The largest absolute Gasteiger partial charge is 0.293 e. The molecule has 0 bridgehead atoms. The summed E-state index contributed by atoms with van der Waals surface area (Å²) in [5, 5.41) is 3.56. The SMILES string of the molecule is Cc1cc2c(C(=O)CBr)cc(C(C)(C)C)nc2c2ccccc12. The van der Waals surface area contributed by atoms with E-state index in [1.165, 1.54) is 10.9 Å². The highest BCUT2D eigenvalue weighted by atomic mass is 79.9. The Morgan fingerprint density at radius 1 is 1.09 bits per heavy atom. The Hall–Kier alpha value is -1.74. The number of alkyl halides is 1. The van der Waals surface area contributed by atoms with E-state index in [0.717, 1.165) is 27.5 Å². The summed E-state index contributed by atoms with van der Waals surface area (Å²) in [5.74, 6) is 0.0950. The predicted octanol–water partition coefficient (Wildman–Crippen LogP) is 5.57. The lowest BCUT2D eigenvalue weighted by molar-refractivity contribution is 0.102. The Bertz CT molecular complexity index is 922. The number of hydrogen-bond donors (Lipinski definition) is 0. The van der Waals surface area contributed by atoms with Crippen LogP contribution in [0.25, 0.3) is 21.7 Å². The number of nitrogens with zero attached hydrogens (tertiary/aromatic N) is 1. The van der Waals surface area contributed by atoms with E-state index in [9.17, 15) is 4.79 Å². The third kappa shape index (κ3) is 2.78. The highest BCUT2D eigenvalue weighted by Gasteiger charge is 2.21. The van der Waals surface area contributed by atoms with Crippen molar-refractivity contribution in [3.05, 3.63) is 53.2 Å². The predicted molar refractivity (Wildman–Crippen MR) is 101 cm³/mol. The normalized spacial score (nSPS) is 12.0. The van der Waals surface area contributed by atoms with Crippen molar-refractivity contribution >= 4 is 43.4 Å². The Labute approximate surface area is 145 Å². The molecular weight excluding hydrogens is 350 g/mol. The van der Waals surface area contributed by atoms with Gasteiger partial charge >= 0.3 is 0 Å². The number of halogens is 1. The number of ketones is 1. The molecule has 1 heterocycles. The molecule has 0 saturated heterocycles. The number of aryl methyl sites for hydroxylation is 1. The molecule has 0 aliphatic rings. The minimum Gasteiger partial charge on any atom is -0.293 e. The van der Waals surface area contributed by atoms with Crippen molar-refractivity contribution in [1.82, 2.24) is 4.98 Å². The summed E-state index contributed by atoms with van der Waals surface area (Å²) >= 11 is 3.31. The van der Waals surface area contributed by atoms with E-state index in [4.69, 9.17) is 4.98 Å². The molecule has 0 N–H and O–H groups in total. The smallest absolute Gasteiger partial charge is 0.174 e.